The number of carbonyl (C=O) groups excluding carboxylic acids is 1. The van der Waals surface area contributed by atoms with Gasteiger partial charge in [0.05, 0.1) is 22.6 Å². The summed E-state index contributed by atoms with van der Waals surface area (Å²) in [6.07, 6.45) is -2.83. The molecule has 0 unspecified atom stereocenters. The molecule has 3 rings (SSSR count). The minimum atomic E-state index is -4.81. The van der Waals surface area contributed by atoms with E-state index in [9.17, 15) is 26.4 Å². The van der Waals surface area contributed by atoms with Gasteiger partial charge in [0.15, 0.2) is 0 Å². The van der Waals surface area contributed by atoms with Gasteiger partial charge in [-0.25, -0.2) is 18.1 Å². The van der Waals surface area contributed by atoms with Gasteiger partial charge < -0.3 is 9.64 Å². The third-order valence-corrected chi connectivity index (χ3v) is 7.22. The monoisotopic (exact) mass is 499 g/mol. The van der Waals surface area contributed by atoms with Gasteiger partial charge in [0.1, 0.15) is 0 Å². The second-order valence-electron chi connectivity index (χ2n) is 8.41. The number of rotatable bonds is 7. The van der Waals surface area contributed by atoms with Gasteiger partial charge in [0, 0.05) is 31.4 Å². The summed E-state index contributed by atoms with van der Waals surface area (Å²) in [4.78, 5) is 17.6. The lowest BCUT2D eigenvalue weighted by Crippen LogP contribution is -2.46. The lowest BCUT2D eigenvalue weighted by molar-refractivity contribution is -0.140. The van der Waals surface area contributed by atoms with Crippen LogP contribution in [0.15, 0.2) is 41.4 Å². The topological polar surface area (TPSA) is 88.6 Å². The van der Waals surface area contributed by atoms with Crippen molar-refractivity contribution < 1.29 is 31.1 Å². The minimum absolute atomic E-state index is 0.182. The molecule has 34 heavy (non-hydrogen) atoms. The normalized spacial score (nSPS) is 15.6. The summed E-state index contributed by atoms with van der Waals surface area (Å²) in [6, 6.07) is 5.93. The number of nitrogens with one attached hydrogen (secondary N) is 1. The fourth-order valence-corrected chi connectivity index (χ4v) is 5.28. The number of nitrogens with zero attached hydrogens (tertiary/aromatic N) is 2. The number of hydrogen-bond donors (Lipinski definition) is 1. The quantitative estimate of drug-likeness (QED) is 0.617. The van der Waals surface area contributed by atoms with Gasteiger partial charge in [0.2, 0.25) is 15.9 Å². The fraction of sp³-hybridized carbons (Fsp3) is 0.478. The Bertz CT molecular complexity index is 1110. The van der Waals surface area contributed by atoms with E-state index in [-0.39, 0.29) is 37.8 Å². The predicted molar refractivity (Wildman–Crippen MR) is 120 cm³/mol. The average molecular weight is 500 g/mol. The van der Waals surface area contributed by atoms with Crippen molar-refractivity contribution in [1.82, 2.24) is 14.6 Å². The highest BCUT2D eigenvalue weighted by Crippen LogP contribution is 2.36. The van der Waals surface area contributed by atoms with Crippen molar-refractivity contribution in [1.29, 1.82) is 0 Å². The molecule has 1 aromatic heterocycles. The Balaban J connectivity index is 1.68. The molecule has 2 aromatic rings. The minimum Gasteiger partial charge on any atom is -0.478 e. The Morgan fingerprint density at radius 2 is 1.88 bits per heavy atom. The molecule has 1 aliphatic rings. The molecule has 1 amide bonds. The maximum atomic E-state index is 13.6. The summed E-state index contributed by atoms with van der Waals surface area (Å²) < 4.78 is 74.2. The first kappa shape index (κ1) is 26.0. The highest BCUT2D eigenvalue weighted by Gasteiger charge is 2.38. The maximum Gasteiger partial charge on any atom is 0.417 e. The molecule has 1 fully saturated rings. The second-order valence-corrected chi connectivity index (χ2v) is 10.1. The molecule has 0 atom stereocenters. The zero-order valence-corrected chi connectivity index (χ0v) is 20.0. The Morgan fingerprint density at radius 3 is 2.41 bits per heavy atom. The van der Waals surface area contributed by atoms with E-state index in [0.717, 1.165) is 12.1 Å². The van der Waals surface area contributed by atoms with Crippen LogP contribution in [0.4, 0.5) is 13.2 Å². The average Bonchev–Trinajstić information content (AvgIpc) is 2.78. The van der Waals surface area contributed by atoms with Gasteiger partial charge in [-0.1, -0.05) is 19.9 Å². The highest BCUT2D eigenvalue weighted by atomic mass is 32.2. The number of amides is 1. The second kappa shape index (κ2) is 10.3. The molecular formula is C23H28F3N3O4S. The number of likely N-dealkylation sites (tertiary alicyclic amines) is 1. The fourth-order valence-electron chi connectivity index (χ4n) is 3.77. The van der Waals surface area contributed by atoms with Crippen molar-refractivity contribution in [3.63, 3.8) is 0 Å². The molecule has 2 heterocycles. The molecule has 0 radical (unpaired) electrons. The summed E-state index contributed by atoms with van der Waals surface area (Å²) in [5, 5.41) is 0. The number of benzene rings is 1. The number of hydrogen-bond acceptors (Lipinski definition) is 5. The number of piperidine rings is 1. The number of alkyl halides is 3. The molecule has 0 bridgehead atoms. The number of halogens is 3. The van der Waals surface area contributed by atoms with Gasteiger partial charge in [-0.05, 0) is 49.4 Å². The van der Waals surface area contributed by atoms with Crippen molar-refractivity contribution in [2.75, 3.05) is 19.7 Å². The van der Waals surface area contributed by atoms with E-state index in [1.807, 2.05) is 6.92 Å². The molecule has 1 aliphatic heterocycles. The zero-order valence-electron chi connectivity index (χ0n) is 19.2. The van der Waals surface area contributed by atoms with E-state index >= 15 is 0 Å². The van der Waals surface area contributed by atoms with Crippen LogP contribution in [-0.4, -0.2) is 49.9 Å². The van der Waals surface area contributed by atoms with Crippen molar-refractivity contribution in [3.05, 3.63) is 53.2 Å². The smallest absolute Gasteiger partial charge is 0.417 e. The van der Waals surface area contributed by atoms with Crippen molar-refractivity contribution in [3.8, 4) is 5.88 Å². The third kappa shape index (κ3) is 6.06. The molecule has 11 heteroatoms. The van der Waals surface area contributed by atoms with Crippen LogP contribution >= 0.6 is 0 Å². The Labute approximate surface area is 197 Å². The molecule has 186 valence electrons. The zero-order chi connectivity index (χ0) is 25.1. The van der Waals surface area contributed by atoms with Gasteiger partial charge in [-0.2, -0.15) is 13.2 Å². The van der Waals surface area contributed by atoms with Crippen LogP contribution < -0.4 is 9.46 Å². The first-order chi connectivity index (χ1) is 15.9. The summed E-state index contributed by atoms with van der Waals surface area (Å²) in [7, 11) is -4.41. The number of ether oxygens (including phenoxy) is 1. The van der Waals surface area contributed by atoms with Crippen LogP contribution in [0.3, 0.4) is 0 Å². The van der Waals surface area contributed by atoms with E-state index in [2.05, 4.69) is 9.71 Å². The lowest BCUT2D eigenvalue weighted by atomic mass is 10.0. The van der Waals surface area contributed by atoms with Crippen LogP contribution in [0, 0.1) is 0 Å². The predicted octanol–water partition coefficient (Wildman–Crippen LogP) is 4.21. The van der Waals surface area contributed by atoms with Crippen molar-refractivity contribution in [2.24, 2.45) is 0 Å². The van der Waals surface area contributed by atoms with Gasteiger partial charge in [-0.3, -0.25) is 4.79 Å². The first-order valence-corrected chi connectivity index (χ1v) is 12.5. The SMILES string of the molecule is CCOc1ccc(C(=O)N2CCC(NS(=O)(=O)c3ccc(C(C)C)cc3C(F)(F)F)CC2)cn1. The maximum absolute atomic E-state index is 13.6. The summed E-state index contributed by atoms with van der Waals surface area (Å²) in [5.41, 5.74) is -0.397. The standard InChI is InChI=1S/C23H28F3N3O4S/c1-4-33-21-8-6-17(14-27-21)22(30)29-11-9-18(10-12-29)28-34(31,32)20-7-5-16(15(2)3)13-19(20)23(24,25)26/h5-8,13-15,18,28H,4,9-12H2,1-3H3. The summed E-state index contributed by atoms with van der Waals surface area (Å²) in [5.74, 6) is -0.0226. The Morgan fingerprint density at radius 1 is 1.21 bits per heavy atom. The summed E-state index contributed by atoms with van der Waals surface area (Å²) >= 11 is 0. The highest BCUT2D eigenvalue weighted by molar-refractivity contribution is 7.89. The number of carbonyl (C=O) groups is 1. The van der Waals surface area contributed by atoms with Crippen LogP contribution in [0.5, 0.6) is 5.88 Å². The van der Waals surface area contributed by atoms with Crippen LogP contribution in [0.25, 0.3) is 0 Å². The van der Waals surface area contributed by atoms with E-state index in [1.165, 1.54) is 12.3 Å². The summed E-state index contributed by atoms with van der Waals surface area (Å²) in [6.45, 7) is 6.27. The molecule has 7 nitrogen and oxygen atoms in total. The Kier molecular flexibility index (Phi) is 7.87. The van der Waals surface area contributed by atoms with Gasteiger partial charge in [0.25, 0.3) is 5.91 Å². The van der Waals surface area contributed by atoms with E-state index in [1.54, 1.807) is 30.9 Å². The Hall–Kier alpha value is -2.66. The van der Waals surface area contributed by atoms with E-state index < -0.39 is 32.7 Å². The largest absolute Gasteiger partial charge is 0.478 e. The number of pyridine rings is 1. The molecule has 1 N–H and O–H groups in total. The van der Waals surface area contributed by atoms with E-state index in [4.69, 9.17) is 4.74 Å². The molecule has 0 saturated carbocycles. The van der Waals surface area contributed by atoms with E-state index in [0.29, 0.717) is 23.6 Å². The molecule has 0 aliphatic carbocycles. The van der Waals surface area contributed by atoms with Gasteiger partial charge in [-0.15, -0.1) is 0 Å². The van der Waals surface area contributed by atoms with Crippen LogP contribution in [0.2, 0.25) is 0 Å². The first-order valence-electron chi connectivity index (χ1n) is 11.0. The number of aromatic nitrogens is 1. The molecule has 1 saturated heterocycles. The van der Waals surface area contributed by atoms with Crippen LogP contribution in [0.1, 0.15) is 61.0 Å². The lowest BCUT2D eigenvalue weighted by Gasteiger charge is -2.32. The van der Waals surface area contributed by atoms with Crippen molar-refractivity contribution >= 4 is 15.9 Å². The van der Waals surface area contributed by atoms with Crippen molar-refractivity contribution in [2.45, 2.75) is 56.6 Å². The molecule has 1 aromatic carbocycles. The molecule has 0 spiro atoms. The van der Waals surface area contributed by atoms with Crippen LogP contribution in [-0.2, 0) is 16.2 Å². The molecular weight excluding hydrogens is 471 g/mol. The third-order valence-electron chi connectivity index (χ3n) is 5.64. The number of sulfonamides is 1. The van der Waals surface area contributed by atoms with Gasteiger partial charge >= 0.3 is 6.18 Å².